The van der Waals surface area contributed by atoms with Gasteiger partial charge in [-0.25, -0.2) is 0 Å². The van der Waals surface area contributed by atoms with Crippen molar-refractivity contribution in [2.45, 2.75) is 38.7 Å². The highest BCUT2D eigenvalue weighted by Gasteiger charge is 2.15. The normalized spacial score (nSPS) is 17.2. The number of hydrogen-bond acceptors (Lipinski definition) is 3. The summed E-state index contributed by atoms with van der Waals surface area (Å²) in [7, 11) is 0. The van der Waals surface area contributed by atoms with Crippen molar-refractivity contribution in [1.29, 1.82) is 0 Å². The Morgan fingerprint density at radius 2 is 1.87 bits per heavy atom. The molecule has 0 unspecified atom stereocenters. The van der Waals surface area contributed by atoms with Gasteiger partial charge in [-0.3, -0.25) is 9.59 Å². The van der Waals surface area contributed by atoms with Crippen LogP contribution >= 0.6 is 0 Å². The highest BCUT2D eigenvalue weighted by molar-refractivity contribution is 5.79. The molecule has 2 rings (SSSR count). The fraction of sp³-hybridized carbons (Fsp3) is 0.556. The molecule has 5 nitrogen and oxygen atoms in total. The predicted molar refractivity (Wildman–Crippen MR) is 88.8 cm³/mol. The lowest BCUT2D eigenvalue weighted by Crippen LogP contribution is -2.37. The summed E-state index contributed by atoms with van der Waals surface area (Å²) in [6.07, 6.45) is 4.54. The molecule has 0 spiro atoms. The Hall–Kier alpha value is -1.88. The van der Waals surface area contributed by atoms with Gasteiger partial charge in [0.25, 0.3) is 0 Å². The molecule has 1 fully saturated rings. The molecule has 5 heteroatoms. The van der Waals surface area contributed by atoms with E-state index < -0.39 is 0 Å². The first-order valence-electron chi connectivity index (χ1n) is 8.42. The second-order valence-electron chi connectivity index (χ2n) is 5.87. The molecular formula is C18H26N2O3. The lowest BCUT2D eigenvalue weighted by atomic mass is 10.2. The van der Waals surface area contributed by atoms with E-state index in [2.05, 4.69) is 5.32 Å². The average Bonchev–Trinajstić information content (AvgIpc) is 2.61. The minimum Gasteiger partial charge on any atom is -0.367 e. The van der Waals surface area contributed by atoms with Crippen LogP contribution in [-0.2, 0) is 20.9 Å². The number of hydrogen-bond donors (Lipinski definition) is 1. The molecular weight excluding hydrogens is 292 g/mol. The van der Waals surface area contributed by atoms with Gasteiger partial charge in [-0.15, -0.1) is 0 Å². The first-order valence-corrected chi connectivity index (χ1v) is 8.42. The zero-order valence-electron chi connectivity index (χ0n) is 13.6. The van der Waals surface area contributed by atoms with Crippen LogP contribution in [0.25, 0.3) is 0 Å². The van der Waals surface area contributed by atoms with Crippen LogP contribution in [0.5, 0.6) is 0 Å². The number of ether oxygens (including phenoxy) is 1. The highest BCUT2D eigenvalue weighted by Crippen LogP contribution is 2.06. The second kappa shape index (κ2) is 10.0. The molecule has 0 atom stereocenters. The zero-order chi connectivity index (χ0) is 16.3. The van der Waals surface area contributed by atoms with Crippen LogP contribution in [0.3, 0.4) is 0 Å². The van der Waals surface area contributed by atoms with Crippen LogP contribution in [0.1, 0.15) is 37.7 Å². The van der Waals surface area contributed by atoms with Crippen molar-refractivity contribution in [1.82, 2.24) is 10.2 Å². The van der Waals surface area contributed by atoms with E-state index in [4.69, 9.17) is 4.74 Å². The van der Waals surface area contributed by atoms with E-state index in [1.54, 1.807) is 4.90 Å². The van der Waals surface area contributed by atoms with E-state index >= 15 is 0 Å². The quantitative estimate of drug-likeness (QED) is 0.925. The minimum atomic E-state index is -0.0343. The summed E-state index contributed by atoms with van der Waals surface area (Å²) in [5.41, 5.74) is 1.05. The fourth-order valence-electron chi connectivity index (χ4n) is 2.62. The molecule has 0 aromatic heterocycles. The number of nitrogens with zero attached hydrogens (tertiary/aromatic N) is 1. The first-order chi connectivity index (χ1) is 11.3. The van der Waals surface area contributed by atoms with Crippen molar-refractivity contribution in [3.05, 3.63) is 35.9 Å². The summed E-state index contributed by atoms with van der Waals surface area (Å²) in [4.78, 5) is 25.8. The van der Waals surface area contributed by atoms with Crippen molar-refractivity contribution in [2.75, 3.05) is 26.2 Å². The van der Waals surface area contributed by atoms with E-state index in [0.29, 0.717) is 26.1 Å². The van der Waals surface area contributed by atoms with E-state index in [-0.39, 0.29) is 18.4 Å². The van der Waals surface area contributed by atoms with Crippen molar-refractivity contribution in [3.63, 3.8) is 0 Å². The predicted octanol–water partition coefficient (Wildman–Crippen LogP) is 2.11. The summed E-state index contributed by atoms with van der Waals surface area (Å²) in [6, 6.07) is 9.80. The number of carbonyl (C=O) groups is 2. The van der Waals surface area contributed by atoms with Crippen LogP contribution in [0.4, 0.5) is 0 Å². The molecule has 0 bridgehead atoms. The molecule has 1 aliphatic rings. The lowest BCUT2D eigenvalue weighted by Gasteiger charge is -2.22. The van der Waals surface area contributed by atoms with Gasteiger partial charge in [0.2, 0.25) is 11.8 Å². The van der Waals surface area contributed by atoms with Gasteiger partial charge in [0.1, 0.15) is 6.61 Å². The largest absolute Gasteiger partial charge is 0.367 e. The molecule has 126 valence electrons. The third-order valence-electron chi connectivity index (χ3n) is 3.98. The van der Waals surface area contributed by atoms with Gasteiger partial charge in [-0.05, 0) is 18.4 Å². The van der Waals surface area contributed by atoms with Crippen LogP contribution in [0, 0.1) is 0 Å². The molecule has 1 N–H and O–H groups in total. The smallest absolute Gasteiger partial charge is 0.248 e. The van der Waals surface area contributed by atoms with Crippen molar-refractivity contribution in [2.24, 2.45) is 0 Å². The Balaban J connectivity index is 1.78. The van der Waals surface area contributed by atoms with E-state index in [0.717, 1.165) is 37.8 Å². The molecule has 1 aliphatic heterocycles. The molecule has 1 saturated heterocycles. The molecule has 23 heavy (non-hydrogen) atoms. The van der Waals surface area contributed by atoms with Gasteiger partial charge in [0, 0.05) is 26.1 Å². The van der Waals surface area contributed by atoms with Crippen molar-refractivity contribution < 1.29 is 14.3 Å². The first kappa shape index (κ1) is 17.5. The summed E-state index contributed by atoms with van der Waals surface area (Å²) < 4.78 is 5.52. The van der Waals surface area contributed by atoms with Crippen LogP contribution in [0.15, 0.2) is 30.3 Å². The number of benzene rings is 1. The number of carbonyl (C=O) groups excluding carboxylic acids is 2. The molecule has 0 radical (unpaired) electrons. The third kappa shape index (κ3) is 6.82. The standard InChI is InChI=1S/C18H26N2O3/c21-17-10-13-20(12-7-2-1-6-11-19-17)18(22)15-23-14-16-8-4-3-5-9-16/h3-5,8-9H,1-2,6-7,10-15H2,(H,19,21). The SMILES string of the molecule is O=C1CCN(C(=O)COCc2ccccc2)CCCCCCN1. The van der Waals surface area contributed by atoms with Crippen LogP contribution < -0.4 is 5.32 Å². The monoisotopic (exact) mass is 318 g/mol. The summed E-state index contributed by atoms with van der Waals surface area (Å²) in [6.45, 7) is 2.42. The topological polar surface area (TPSA) is 58.6 Å². The van der Waals surface area contributed by atoms with Gasteiger partial charge in [0.15, 0.2) is 0 Å². The van der Waals surface area contributed by atoms with E-state index in [1.807, 2.05) is 30.3 Å². The second-order valence-corrected chi connectivity index (χ2v) is 5.87. The Labute approximate surface area is 138 Å². The number of rotatable bonds is 4. The molecule has 2 amide bonds. The molecule has 1 aromatic rings. The van der Waals surface area contributed by atoms with E-state index in [1.165, 1.54) is 0 Å². The highest BCUT2D eigenvalue weighted by atomic mass is 16.5. The van der Waals surface area contributed by atoms with Gasteiger partial charge in [-0.1, -0.05) is 43.2 Å². The number of nitrogens with one attached hydrogen (secondary N) is 1. The Morgan fingerprint density at radius 1 is 1.09 bits per heavy atom. The van der Waals surface area contributed by atoms with E-state index in [9.17, 15) is 9.59 Å². The average molecular weight is 318 g/mol. The van der Waals surface area contributed by atoms with Gasteiger partial charge < -0.3 is 15.0 Å². The maximum absolute atomic E-state index is 12.3. The van der Waals surface area contributed by atoms with Gasteiger partial charge in [0.05, 0.1) is 6.61 Å². The molecule has 0 aliphatic carbocycles. The zero-order valence-corrected chi connectivity index (χ0v) is 13.6. The fourth-order valence-corrected chi connectivity index (χ4v) is 2.62. The maximum Gasteiger partial charge on any atom is 0.248 e. The van der Waals surface area contributed by atoms with Gasteiger partial charge in [-0.2, -0.15) is 0 Å². The summed E-state index contributed by atoms with van der Waals surface area (Å²) in [5.74, 6) is -0.0112. The van der Waals surface area contributed by atoms with Gasteiger partial charge >= 0.3 is 0 Å². The molecule has 0 saturated carbocycles. The summed E-state index contributed by atoms with van der Waals surface area (Å²) >= 11 is 0. The van der Waals surface area contributed by atoms with Crippen molar-refractivity contribution >= 4 is 11.8 Å². The third-order valence-corrected chi connectivity index (χ3v) is 3.98. The Morgan fingerprint density at radius 3 is 2.70 bits per heavy atom. The van der Waals surface area contributed by atoms with Crippen LogP contribution in [-0.4, -0.2) is 43.0 Å². The number of amides is 2. The molecule has 1 heterocycles. The minimum absolute atomic E-state index is 0.0231. The lowest BCUT2D eigenvalue weighted by molar-refractivity contribution is -0.137. The van der Waals surface area contributed by atoms with Crippen LogP contribution in [0.2, 0.25) is 0 Å². The molecule has 1 aromatic carbocycles. The Kier molecular flexibility index (Phi) is 7.60. The Bertz CT molecular complexity index is 490. The van der Waals surface area contributed by atoms with Crippen molar-refractivity contribution in [3.8, 4) is 0 Å². The maximum atomic E-state index is 12.3. The summed E-state index contributed by atoms with van der Waals surface area (Å²) in [5, 5.41) is 2.90.